The molecule has 0 unspecified atom stereocenters. The van der Waals surface area contributed by atoms with E-state index in [9.17, 15) is 9.18 Å². The number of nitrogens with zero attached hydrogens (tertiary/aromatic N) is 3. The third kappa shape index (κ3) is 2.73. The van der Waals surface area contributed by atoms with Crippen molar-refractivity contribution in [3.05, 3.63) is 41.4 Å². The lowest BCUT2D eigenvalue weighted by atomic mass is 10.1. The highest BCUT2D eigenvalue weighted by Crippen LogP contribution is 2.31. The van der Waals surface area contributed by atoms with Gasteiger partial charge in [-0.2, -0.15) is 0 Å². The van der Waals surface area contributed by atoms with Crippen LogP contribution in [-0.4, -0.2) is 46.8 Å². The summed E-state index contributed by atoms with van der Waals surface area (Å²) >= 11 is 0. The Morgan fingerprint density at radius 3 is 3.04 bits per heavy atom. The fraction of sp³-hybridized carbons (Fsp3) is 0.438. The number of aryl methyl sites for hydroxylation is 1. The largest absolute Gasteiger partial charge is 0.480 e. The quantitative estimate of drug-likeness (QED) is 0.827. The van der Waals surface area contributed by atoms with Crippen LogP contribution in [0.4, 0.5) is 4.39 Å². The molecule has 2 aromatic rings. The maximum atomic E-state index is 13.3. The Balaban J connectivity index is 1.45. The molecule has 1 aromatic carbocycles. The van der Waals surface area contributed by atoms with E-state index in [4.69, 9.17) is 13.9 Å². The molecule has 1 saturated heterocycles. The molecule has 2 aliphatic rings. The van der Waals surface area contributed by atoms with Crippen LogP contribution in [0.3, 0.4) is 0 Å². The lowest BCUT2D eigenvalue weighted by Crippen LogP contribution is -2.48. The van der Waals surface area contributed by atoms with Gasteiger partial charge in [-0.1, -0.05) is 0 Å². The molecule has 1 aromatic heterocycles. The fourth-order valence-corrected chi connectivity index (χ4v) is 3.00. The zero-order valence-corrected chi connectivity index (χ0v) is 13.1. The van der Waals surface area contributed by atoms with Crippen LogP contribution in [0.2, 0.25) is 0 Å². The van der Waals surface area contributed by atoms with Gasteiger partial charge in [0.1, 0.15) is 11.6 Å². The van der Waals surface area contributed by atoms with Crippen LogP contribution in [0.15, 0.2) is 22.6 Å². The molecule has 2 aliphatic heterocycles. The van der Waals surface area contributed by atoms with Gasteiger partial charge in [0.25, 0.3) is 5.91 Å². The average Bonchev–Trinajstić information content (AvgIpc) is 3.20. The Bertz CT molecular complexity index is 778. The van der Waals surface area contributed by atoms with Crippen molar-refractivity contribution in [3.63, 3.8) is 0 Å². The average molecular weight is 333 g/mol. The first-order valence-electron chi connectivity index (χ1n) is 7.75. The maximum Gasteiger partial charge on any atom is 0.264 e. The summed E-state index contributed by atoms with van der Waals surface area (Å²) in [7, 11) is 0. The number of hydrogen-bond acceptors (Lipinski definition) is 6. The number of halogens is 1. The topological polar surface area (TPSA) is 77.7 Å². The molecule has 0 spiro atoms. The third-order valence-corrected chi connectivity index (χ3v) is 4.17. The van der Waals surface area contributed by atoms with Crippen LogP contribution >= 0.6 is 0 Å². The van der Waals surface area contributed by atoms with E-state index in [0.29, 0.717) is 49.2 Å². The molecule has 2 atom stereocenters. The number of aromatic nitrogens is 2. The molecule has 1 amide bonds. The molecular weight excluding hydrogens is 317 g/mol. The molecule has 0 aliphatic carbocycles. The second-order valence-corrected chi connectivity index (χ2v) is 5.87. The van der Waals surface area contributed by atoms with Crippen LogP contribution in [0.5, 0.6) is 5.75 Å². The van der Waals surface area contributed by atoms with Crippen molar-refractivity contribution >= 4 is 5.91 Å². The molecule has 1 fully saturated rings. The Morgan fingerprint density at radius 1 is 1.38 bits per heavy atom. The number of hydrogen-bond donors (Lipinski definition) is 0. The fourth-order valence-electron chi connectivity index (χ4n) is 3.00. The normalized spacial score (nSPS) is 23.0. The summed E-state index contributed by atoms with van der Waals surface area (Å²) in [5, 5.41) is 7.73. The predicted octanol–water partition coefficient (Wildman–Crippen LogP) is 1.42. The Morgan fingerprint density at radius 2 is 2.25 bits per heavy atom. The number of ether oxygens (including phenoxy) is 2. The summed E-state index contributed by atoms with van der Waals surface area (Å²) < 4.78 is 30.0. The number of fused-ring (bicyclic) bond motifs is 1. The van der Waals surface area contributed by atoms with Crippen LogP contribution in [0.1, 0.15) is 23.4 Å². The maximum absolute atomic E-state index is 13.3. The van der Waals surface area contributed by atoms with Gasteiger partial charge in [-0.25, -0.2) is 4.39 Å². The van der Waals surface area contributed by atoms with Gasteiger partial charge in [0.05, 0.1) is 13.2 Å². The van der Waals surface area contributed by atoms with Gasteiger partial charge in [0.2, 0.25) is 11.8 Å². The number of carbonyl (C=O) groups is 1. The Kier molecular flexibility index (Phi) is 3.68. The summed E-state index contributed by atoms with van der Waals surface area (Å²) in [5.74, 6) is 0.906. The predicted molar refractivity (Wildman–Crippen MR) is 78.8 cm³/mol. The Labute approximate surface area is 137 Å². The molecule has 126 valence electrons. The molecule has 0 N–H and O–H groups in total. The minimum absolute atomic E-state index is 0.142. The number of benzene rings is 1. The van der Waals surface area contributed by atoms with E-state index in [1.807, 2.05) is 0 Å². The summed E-state index contributed by atoms with van der Waals surface area (Å²) in [5.41, 5.74) is 0.714. The summed E-state index contributed by atoms with van der Waals surface area (Å²) in [4.78, 5) is 14.4. The monoisotopic (exact) mass is 333 g/mol. The second kappa shape index (κ2) is 5.86. The molecule has 0 saturated carbocycles. The molecule has 7 nitrogen and oxygen atoms in total. The van der Waals surface area contributed by atoms with E-state index < -0.39 is 12.2 Å². The highest BCUT2D eigenvalue weighted by molar-refractivity contribution is 5.82. The van der Waals surface area contributed by atoms with Gasteiger partial charge in [0.15, 0.2) is 12.2 Å². The van der Waals surface area contributed by atoms with Gasteiger partial charge in [0, 0.05) is 25.5 Å². The number of rotatable bonds is 2. The molecule has 24 heavy (non-hydrogen) atoms. The smallest absolute Gasteiger partial charge is 0.264 e. The van der Waals surface area contributed by atoms with Gasteiger partial charge in [-0.15, -0.1) is 10.2 Å². The first-order valence-corrected chi connectivity index (χ1v) is 7.75. The van der Waals surface area contributed by atoms with Gasteiger partial charge in [-0.05, 0) is 18.2 Å². The SMILES string of the molecule is Cc1nnc([C@@H]2CN(C(=O)[C@H]3Cc4cc(F)ccc4O3)CCO2)o1. The van der Waals surface area contributed by atoms with Crippen molar-refractivity contribution in [2.75, 3.05) is 19.7 Å². The van der Waals surface area contributed by atoms with E-state index in [0.717, 1.165) is 0 Å². The van der Waals surface area contributed by atoms with Crippen LogP contribution in [-0.2, 0) is 16.0 Å². The van der Waals surface area contributed by atoms with Crippen LogP contribution in [0, 0.1) is 12.7 Å². The highest BCUT2D eigenvalue weighted by atomic mass is 19.1. The van der Waals surface area contributed by atoms with Gasteiger partial charge >= 0.3 is 0 Å². The minimum atomic E-state index is -0.634. The van der Waals surface area contributed by atoms with Crippen molar-refractivity contribution in [1.29, 1.82) is 0 Å². The molecule has 0 bridgehead atoms. The molecular formula is C16H16FN3O4. The van der Waals surface area contributed by atoms with E-state index >= 15 is 0 Å². The standard InChI is InChI=1S/C16H16FN3O4/c1-9-18-19-15(23-9)14-8-20(4-5-22-14)16(21)13-7-10-6-11(17)2-3-12(10)24-13/h2-3,6,13-14H,4-5,7-8H2,1H3/t13-,14+/m1/s1. The van der Waals surface area contributed by atoms with E-state index in [-0.39, 0.29) is 11.7 Å². The van der Waals surface area contributed by atoms with Crippen LogP contribution < -0.4 is 4.74 Å². The van der Waals surface area contributed by atoms with Crippen molar-refractivity contribution in [2.24, 2.45) is 0 Å². The zero-order chi connectivity index (χ0) is 16.7. The van der Waals surface area contributed by atoms with Crippen LogP contribution in [0.25, 0.3) is 0 Å². The van der Waals surface area contributed by atoms with Gasteiger partial charge in [-0.3, -0.25) is 4.79 Å². The summed E-state index contributed by atoms with van der Waals surface area (Å²) in [6, 6.07) is 4.29. The second-order valence-electron chi connectivity index (χ2n) is 5.87. The van der Waals surface area contributed by atoms with Crippen molar-refractivity contribution in [3.8, 4) is 5.75 Å². The molecule has 0 radical (unpaired) electrons. The molecule has 4 rings (SSSR count). The van der Waals surface area contributed by atoms with Gasteiger partial charge < -0.3 is 18.8 Å². The number of carbonyl (C=O) groups excluding carboxylic acids is 1. The summed E-state index contributed by atoms with van der Waals surface area (Å²) in [6.07, 6.45) is -0.705. The number of morpholine rings is 1. The third-order valence-electron chi connectivity index (χ3n) is 4.17. The highest BCUT2D eigenvalue weighted by Gasteiger charge is 2.36. The van der Waals surface area contributed by atoms with E-state index in [1.54, 1.807) is 17.9 Å². The lowest BCUT2D eigenvalue weighted by molar-refractivity contribution is -0.146. The first-order chi connectivity index (χ1) is 11.6. The Hall–Kier alpha value is -2.48. The van der Waals surface area contributed by atoms with Crippen molar-refractivity contribution in [2.45, 2.75) is 25.6 Å². The minimum Gasteiger partial charge on any atom is -0.480 e. The number of amides is 1. The van der Waals surface area contributed by atoms with E-state index in [2.05, 4.69) is 10.2 Å². The van der Waals surface area contributed by atoms with Crippen molar-refractivity contribution in [1.82, 2.24) is 15.1 Å². The first kappa shape index (κ1) is 15.1. The zero-order valence-electron chi connectivity index (χ0n) is 13.1. The molecule has 8 heteroatoms. The van der Waals surface area contributed by atoms with Crippen molar-refractivity contribution < 1.29 is 23.1 Å². The van der Waals surface area contributed by atoms with E-state index in [1.165, 1.54) is 12.1 Å². The lowest BCUT2D eigenvalue weighted by Gasteiger charge is -2.32. The molecule has 3 heterocycles. The summed E-state index contributed by atoms with van der Waals surface area (Å²) in [6.45, 7) is 2.87.